The van der Waals surface area contributed by atoms with Crippen molar-refractivity contribution >= 4 is 17.5 Å². The molecule has 0 aromatic heterocycles. The lowest BCUT2D eigenvalue weighted by Crippen LogP contribution is -2.42. The summed E-state index contributed by atoms with van der Waals surface area (Å²) >= 11 is 0. The molecule has 0 saturated carbocycles. The fourth-order valence-corrected chi connectivity index (χ4v) is 1.09. The zero-order valence-corrected chi connectivity index (χ0v) is 8.73. The van der Waals surface area contributed by atoms with E-state index < -0.39 is 17.9 Å². The summed E-state index contributed by atoms with van der Waals surface area (Å²) in [4.78, 5) is 22.3. The Balaban J connectivity index is 2.89. The van der Waals surface area contributed by atoms with E-state index in [1.165, 1.54) is 25.1 Å². The van der Waals surface area contributed by atoms with Gasteiger partial charge in [0.1, 0.15) is 6.04 Å². The number of benzene rings is 1. The Morgan fingerprint density at radius 3 is 2.62 bits per heavy atom. The van der Waals surface area contributed by atoms with Gasteiger partial charge in [-0.05, 0) is 19.1 Å². The number of aromatic hydroxyl groups is 1. The summed E-state index contributed by atoms with van der Waals surface area (Å²) in [5, 5.41) is 11.9. The van der Waals surface area contributed by atoms with Crippen LogP contribution in [0.3, 0.4) is 0 Å². The molecule has 0 radical (unpaired) electrons. The second-order valence-electron chi connectivity index (χ2n) is 3.34. The predicted molar refractivity (Wildman–Crippen MR) is 58.6 cm³/mol. The lowest BCUT2D eigenvalue weighted by atomic mass is 10.1. The van der Waals surface area contributed by atoms with Gasteiger partial charge in [0.05, 0.1) is 11.3 Å². The van der Waals surface area contributed by atoms with Gasteiger partial charge in [-0.1, -0.05) is 6.07 Å². The molecule has 0 bridgehead atoms. The smallest absolute Gasteiger partial charge is 0.255 e. The number of rotatable bonds is 3. The van der Waals surface area contributed by atoms with Crippen LogP contribution in [0.4, 0.5) is 5.69 Å². The van der Waals surface area contributed by atoms with E-state index in [0.717, 1.165) is 0 Å². The van der Waals surface area contributed by atoms with Crippen LogP contribution in [0.5, 0.6) is 5.75 Å². The van der Waals surface area contributed by atoms with Crippen molar-refractivity contribution in [2.24, 2.45) is 5.73 Å². The highest BCUT2D eigenvalue weighted by Crippen LogP contribution is 2.24. The predicted octanol–water partition coefficient (Wildman–Crippen LogP) is -0.422. The number of carbonyl (C=O) groups excluding carboxylic acids is 2. The van der Waals surface area contributed by atoms with E-state index in [-0.39, 0.29) is 17.0 Å². The fraction of sp³-hybridized carbons (Fsp3) is 0.200. The van der Waals surface area contributed by atoms with Gasteiger partial charge in [-0.3, -0.25) is 9.59 Å². The molecule has 6 heteroatoms. The SMILES string of the molecule is CC(NC(=O)c1cccc(N)c1O)C(N)=O. The van der Waals surface area contributed by atoms with Gasteiger partial charge in [0.25, 0.3) is 5.91 Å². The molecular formula is C10H13N3O3. The van der Waals surface area contributed by atoms with E-state index in [4.69, 9.17) is 11.5 Å². The number of carbonyl (C=O) groups is 2. The highest BCUT2D eigenvalue weighted by molar-refractivity contribution is 6.00. The Labute approximate surface area is 92.2 Å². The van der Waals surface area contributed by atoms with E-state index in [9.17, 15) is 14.7 Å². The molecule has 1 aromatic carbocycles. The summed E-state index contributed by atoms with van der Waals surface area (Å²) in [5.74, 6) is -1.57. The second-order valence-corrected chi connectivity index (χ2v) is 3.34. The minimum atomic E-state index is -0.812. The molecule has 0 fully saturated rings. The summed E-state index contributed by atoms with van der Waals surface area (Å²) in [6.45, 7) is 1.45. The highest BCUT2D eigenvalue weighted by atomic mass is 16.3. The lowest BCUT2D eigenvalue weighted by molar-refractivity contribution is -0.119. The van der Waals surface area contributed by atoms with Gasteiger partial charge in [0.2, 0.25) is 5.91 Å². The van der Waals surface area contributed by atoms with Crippen molar-refractivity contribution in [1.29, 1.82) is 0 Å². The Hall–Kier alpha value is -2.24. The van der Waals surface area contributed by atoms with E-state index in [1.807, 2.05) is 0 Å². The number of hydrogen-bond acceptors (Lipinski definition) is 4. The summed E-state index contributed by atoms with van der Waals surface area (Å²) in [6, 6.07) is 3.57. The van der Waals surface area contributed by atoms with Crippen LogP contribution in [0, 0.1) is 0 Å². The Kier molecular flexibility index (Phi) is 3.34. The third-order valence-electron chi connectivity index (χ3n) is 2.09. The lowest BCUT2D eigenvalue weighted by Gasteiger charge is -2.11. The number of para-hydroxylation sites is 1. The van der Waals surface area contributed by atoms with Crippen LogP contribution in [0.25, 0.3) is 0 Å². The first-order valence-electron chi connectivity index (χ1n) is 4.61. The minimum Gasteiger partial charge on any atom is -0.505 e. The molecule has 6 N–H and O–H groups in total. The van der Waals surface area contributed by atoms with Crippen LogP contribution in [-0.2, 0) is 4.79 Å². The van der Waals surface area contributed by atoms with Gasteiger partial charge in [0.15, 0.2) is 5.75 Å². The number of primary amides is 1. The van der Waals surface area contributed by atoms with Crippen molar-refractivity contribution in [1.82, 2.24) is 5.32 Å². The van der Waals surface area contributed by atoms with Crippen molar-refractivity contribution in [2.75, 3.05) is 5.73 Å². The molecule has 0 spiro atoms. The van der Waals surface area contributed by atoms with Gasteiger partial charge in [0, 0.05) is 0 Å². The van der Waals surface area contributed by atoms with E-state index in [2.05, 4.69) is 5.32 Å². The van der Waals surface area contributed by atoms with Gasteiger partial charge in [-0.15, -0.1) is 0 Å². The summed E-state index contributed by atoms with van der Waals surface area (Å²) in [5.41, 5.74) is 10.5. The largest absolute Gasteiger partial charge is 0.505 e. The number of nitrogens with one attached hydrogen (secondary N) is 1. The first-order valence-corrected chi connectivity index (χ1v) is 4.61. The molecular weight excluding hydrogens is 210 g/mol. The normalized spacial score (nSPS) is 11.8. The van der Waals surface area contributed by atoms with Crippen molar-refractivity contribution in [3.8, 4) is 5.75 Å². The number of anilines is 1. The minimum absolute atomic E-state index is 0.00750. The van der Waals surface area contributed by atoms with Crippen molar-refractivity contribution < 1.29 is 14.7 Å². The third kappa shape index (κ3) is 2.41. The number of phenolic OH excluding ortho intramolecular Hbond substituents is 1. The van der Waals surface area contributed by atoms with Crippen molar-refractivity contribution in [3.63, 3.8) is 0 Å². The average Bonchev–Trinajstić information content (AvgIpc) is 2.21. The van der Waals surface area contributed by atoms with Crippen LogP contribution in [0.1, 0.15) is 17.3 Å². The van der Waals surface area contributed by atoms with Gasteiger partial charge < -0.3 is 21.9 Å². The maximum atomic E-state index is 11.6. The molecule has 1 atom stereocenters. The fourth-order valence-electron chi connectivity index (χ4n) is 1.09. The molecule has 16 heavy (non-hydrogen) atoms. The number of phenols is 1. The second kappa shape index (κ2) is 4.52. The molecule has 1 aromatic rings. The molecule has 1 rings (SSSR count). The molecule has 6 nitrogen and oxygen atoms in total. The molecule has 0 heterocycles. The van der Waals surface area contributed by atoms with Crippen LogP contribution in [0.2, 0.25) is 0 Å². The number of nitrogens with two attached hydrogens (primary N) is 2. The summed E-state index contributed by atoms with van der Waals surface area (Å²) in [6.07, 6.45) is 0. The number of amides is 2. The van der Waals surface area contributed by atoms with Gasteiger partial charge in [-0.2, -0.15) is 0 Å². The molecule has 2 amide bonds. The van der Waals surface area contributed by atoms with Gasteiger partial charge in [-0.25, -0.2) is 0 Å². The number of hydrogen-bond donors (Lipinski definition) is 4. The van der Waals surface area contributed by atoms with Crippen molar-refractivity contribution in [3.05, 3.63) is 23.8 Å². The van der Waals surface area contributed by atoms with E-state index >= 15 is 0 Å². The maximum absolute atomic E-state index is 11.6. The molecule has 0 aliphatic rings. The summed E-state index contributed by atoms with van der Waals surface area (Å²) < 4.78 is 0. The zero-order chi connectivity index (χ0) is 12.3. The first kappa shape index (κ1) is 11.8. The highest BCUT2D eigenvalue weighted by Gasteiger charge is 2.17. The first-order chi connectivity index (χ1) is 7.43. The summed E-state index contributed by atoms with van der Waals surface area (Å²) in [7, 11) is 0. The molecule has 86 valence electrons. The Morgan fingerprint density at radius 1 is 1.44 bits per heavy atom. The maximum Gasteiger partial charge on any atom is 0.255 e. The Bertz CT molecular complexity index is 431. The van der Waals surface area contributed by atoms with Crippen LogP contribution in [-0.4, -0.2) is 23.0 Å². The van der Waals surface area contributed by atoms with Crippen LogP contribution in [0.15, 0.2) is 18.2 Å². The molecule has 1 unspecified atom stereocenters. The van der Waals surface area contributed by atoms with E-state index in [0.29, 0.717) is 0 Å². The van der Waals surface area contributed by atoms with Gasteiger partial charge >= 0.3 is 0 Å². The molecule has 0 aliphatic heterocycles. The monoisotopic (exact) mass is 223 g/mol. The molecule has 0 saturated heterocycles. The average molecular weight is 223 g/mol. The van der Waals surface area contributed by atoms with E-state index in [1.54, 1.807) is 0 Å². The van der Waals surface area contributed by atoms with Crippen molar-refractivity contribution in [2.45, 2.75) is 13.0 Å². The van der Waals surface area contributed by atoms with Crippen LogP contribution >= 0.6 is 0 Å². The zero-order valence-electron chi connectivity index (χ0n) is 8.73. The number of nitrogen functional groups attached to an aromatic ring is 1. The standard InChI is InChI=1S/C10H13N3O3/c1-5(9(12)15)13-10(16)6-3-2-4-7(11)8(6)14/h2-5,14H,11H2,1H3,(H2,12,15)(H,13,16). The van der Waals surface area contributed by atoms with Crippen LogP contribution < -0.4 is 16.8 Å². The molecule has 0 aliphatic carbocycles. The topological polar surface area (TPSA) is 118 Å². The Morgan fingerprint density at radius 2 is 2.06 bits per heavy atom. The quantitative estimate of drug-likeness (QED) is 0.411. The third-order valence-corrected chi connectivity index (χ3v) is 2.09.